The number of aryl methyl sites for hydroxylation is 1. The molecule has 3 heterocycles. The topological polar surface area (TPSA) is 81.9 Å². The minimum atomic E-state index is 0.125. The molecule has 0 amide bonds. The monoisotopic (exact) mass is 204 g/mol. The lowest BCUT2D eigenvalue weighted by atomic mass is 10.2. The van der Waals surface area contributed by atoms with Gasteiger partial charge >= 0.3 is 0 Å². The minimum absolute atomic E-state index is 0.125. The molecule has 0 radical (unpaired) electrons. The fraction of sp³-hybridized carbons (Fsp3) is 0.375. The zero-order valence-electron chi connectivity index (χ0n) is 8.03. The first-order valence-electron chi connectivity index (χ1n) is 4.53. The molecule has 1 atom stereocenters. The Hall–Kier alpha value is -1.89. The van der Waals surface area contributed by atoms with Gasteiger partial charge in [0.1, 0.15) is 12.4 Å². The third-order valence-electron chi connectivity index (χ3n) is 2.19. The van der Waals surface area contributed by atoms with Crippen LogP contribution in [0.4, 0.5) is 0 Å². The lowest BCUT2D eigenvalue weighted by Crippen LogP contribution is -2.04. The molecule has 7 nitrogen and oxygen atoms in total. The largest absolute Gasteiger partial charge is 0.366 e. The molecule has 0 N–H and O–H groups in total. The number of rotatable bonds is 2. The van der Waals surface area contributed by atoms with Crippen LogP contribution < -0.4 is 0 Å². The fourth-order valence-electron chi connectivity index (χ4n) is 1.38. The number of aromatic nitrogens is 6. The Morgan fingerprint density at radius 3 is 3.00 bits per heavy atom. The van der Waals surface area contributed by atoms with Gasteiger partial charge in [0.2, 0.25) is 0 Å². The molecular formula is C8H8N6O. The molecule has 0 saturated carbocycles. The molecule has 2 aromatic rings. The lowest BCUT2D eigenvalue weighted by molar-refractivity contribution is 0.409. The van der Waals surface area contributed by atoms with Gasteiger partial charge < -0.3 is 4.74 Å². The molecule has 2 aromatic heterocycles. The van der Waals surface area contributed by atoms with Crippen molar-refractivity contribution in [3.63, 3.8) is 0 Å². The second-order valence-electron chi connectivity index (χ2n) is 3.28. The van der Waals surface area contributed by atoms with Crippen LogP contribution in [-0.4, -0.2) is 36.8 Å². The molecule has 1 fully saturated rings. The molecule has 15 heavy (non-hydrogen) atoms. The zero-order chi connectivity index (χ0) is 10.3. The van der Waals surface area contributed by atoms with Crippen LogP contribution in [0, 0.1) is 6.92 Å². The summed E-state index contributed by atoms with van der Waals surface area (Å²) in [5.74, 6) is 0.613. The van der Waals surface area contributed by atoms with Crippen LogP contribution in [0.25, 0.3) is 5.82 Å². The van der Waals surface area contributed by atoms with Gasteiger partial charge in [-0.1, -0.05) is 0 Å². The molecule has 0 unspecified atom stereocenters. The maximum Gasteiger partial charge on any atom is 0.175 e. The van der Waals surface area contributed by atoms with Crippen molar-refractivity contribution in [2.45, 2.75) is 13.0 Å². The van der Waals surface area contributed by atoms with Crippen LogP contribution in [0.5, 0.6) is 0 Å². The summed E-state index contributed by atoms with van der Waals surface area (Å²) < 4.78 is 6.63. The summed E-state index contributed by atoms with van der Waals surface area (Å²) in [5, 5.41) is 10.8. The molecule has 1 aliphatic rings. The van der Waals surface area contributed by atoms with Crippen molar-refractivity contribution in [2.75, 3.05) is 6.61 Å². The first-order valence-corrected chi connectivity index (χ1v) is 4.53. The van der Waals surface area contributed by atoms with E-state index in [1.807, 2.05) is 6.92 Å². The molecule has 76 valence electrons. The molecule has 1 saturated heterocycles. The van der Waals surface area contributed by atoms with Gasteiger partial charge in [-0.2, -0.15) is 4.68 Å². The van der Waals surface area contributed by atoms with E-state index in [0.717, 1.165) is 18.0 Å². The van der Waals surface area contributed by atoms with Gasteiger partial charge in [-0.25, -0.2) is 4.98 Å². The summed E-state index contributed by atoms with van der Waals surface area (Å²) >= 11 is 0. The molecule has 3 rings (SSSR count). The predicted octanol–water partition coefficient (Wildman–Crippen LogP) is -0.168. The van der Waals surface area contributed by atoms with Gasteiger partial charge in [-0.15, -0.1) is 5.10 Å². The Labute approximate surface area is 85.1 Å². The minimum Gasteiger partial charge on any atom is -0.366 e. The number of tetrazole rings is 1. The van der Waals surface area contributed by atoms with Crippen molar-refractivity contribution in [1.82, 2.24) is 30.2 Å². The SMILES string of the molecule is Cc1nc(-n2cnnn2)cnc1[C@@H]1CO1. The average Bonchev–Trinajstić information content (AvgIpc) is 2.93. The average molecular weight is 204 g/mol. The first kappa shape index (κ1) is 8.42. The van der Waals surface area contributed by atoms with Crippen molar-refractivity contribution < 1.29 is 4.74 Å². The highest BCUT2D eigenvalue weighted by Gasteiger charge is 2.28. The number of hydrogen-bond donors (Lipinski definition) is 0. The summed E-state index contributed by atoms with van der Waals surface area (Å²) in [6.45, 7) is 2.64. The Balaban J connectivity index is 2.01. The Kier molecular flexibility index (Phi) is 1.72. The first-order chi connectivity index (χ1) is 7.34. The molecule has 1 aliphatic heterocycles. The van der Waals surface area contributed by atoms with E-state index < -0.39 is 0 Å². The van der Waals surface area contributed by atoms with Gasteiger partial charge in [-0.05, 0) is 17.4 Å². The fourth-order valence-corrected chi connectivity index (χ4v) is 1.38. The predicted molar refractivity (Wildman–Crippen MR) is 48.2 cm³/mol. The normalized spacial score (nSPS) is 19.1. The second kappa shape index (κ2) is 3.06. The highest BCUT2D eigenvalue weighted by molar-refractivity contribution is 5.24. The van der Waals surface area contributed by atoms with Crippen LogP contribution >= 0.6 is 0 Å². The summed E-state index contributed by atoms with van der Waals surface area (Å²) in [6, 6.07) is 0. The van der Waals surface area contributed by atoms with Crippen molar-refractivity contribution >= 4 is 0 Å². The Morgan fingerprint density at radius 1 is 1.53 bits per heavy atom. The van der Waals surface area contributed by atoms with Gasteiger partial charge in [-0.3, -0.25) is 4.98 Å². The molecule has 0 bridgehead atoms. The lowest BCUT2D eigenvalue weighted by Gasteiger charge is -2.02. The maximum absolute atomic E-state index is 5.16. The Bertz CT molecular complexity index is 478. The maximum atomic E-state index is 5.16. The van der Waals surface area contributed by atoms with Gasteiger partial charge in [0.05, 0.1) is 24.2 Å². The van der Waals surface area contributed by atoms with Gasteiger partial charge in [0.25, 0.3) is 0 Å². The van der Waals surface area contributed by atoms with Gasteiger partial charge in [0, 0.05) is 0 Å². The van der Waals surface area contributed by atoms with Crippen molar-refractivity contribution in [1.29, 1.82) is 0 Å². The number of ether oxygens (including phenoxy) is 1. The number of hydrogen-bond acceptors (Lipinski definition) is 6. The summed E-state index contributed by atoms with van der Waals surface area (Å²) in [4.78, 5) is 8.65. The van der Waals surface area contributed by atoms with Gasteiger partial charge in [0.15, 0.2) is 5.82 Å². The highest BCUT2D eigenvalue weighted by Crippen LogP contribution is 2.29. The van der Waals surface area contributed by atoms with Crippen molar-refractivity contribution in [2.24, 2.45) is 0 Å². The molecule has 0 aromatic carbocycles. The van der Waals surface area contributed by atoms with E-state index in [9.17, 15) is 0 Å². The van der Waals surface area contributed by atoms with Crippen LogP contribution in [0.1, 0.15) is 17.5 Å². The van der Waals surface area contributed by atoms with Crippen LogP contribution in [0.3, 0.4) is 0 Å². The van der Waals surface area contributed by atoms with E-state index >= 15 is 0 Å². The highest BCUT2D eigenvalue weighted by atomic mass is 16.6. The van der Waals surface area contributed by atoms with Crippen LogP contribution in [0.2, 0.25) is 0 Å². The number of nitrogens with zero attached hydrogens (tertiary/aromatic N) is 6. The second-order valence-corrected chi connectivity index (χ2v) is 3.28. The zero-order valence-corrected chi connectivity index (χ0v) is 8.03. The van der Waals surface area contributed by atoms with E-state index in [1.165, 1.54) is 11.0 Å². The van der Waals surface area contributed by atoms with Crippen molar-refractivity contribution in [3.05, 3.63) is 23.9 Å². The molecule has 7 heteroatoms. The summed E-state index contributed by atoms with van der Waals surface area (Å²) in [6.07, 6.45) is 3.25. The van der Waals surface area contributed by atoms with E-state index in [-0.39, 0.29) is 6.10 Å². The van der Waals surface area contributed by atoms with Crippen LogP contribution in [-0.2, 0) is 4.74 Å². The third-order valence-corrected chi connectivity index (χ3v) is 2.19. The summed E-state index contributed by atoms with van der Waals surface area (Å²) in [5.41, 5.74) is 1.75. The van der Waals surface area contributed by atoms with Crippen LogP contribution in [0.15, 0.2) is 12.5 Å². The van der Waals surface area contributed by atoms with Crippen molar-refractivity contribution in [3.8, 4) is 5.82 Å². The number of epoxide rings is 1. The smallest absolute Gasteiger partial charge is 0.175 e. The summed E-state index contributed by atoms with van der Waals surface area (Å²) in [7, 11) is 0. The third kappa shape index (κ3) is 1.46. The van der Waals surface area contributed by atoms with E-state index in [2.05, 4.69) is 25.5 Å². The quantitative estimate of drug-likeness (QED) is 0.632. The van der Waals surface area contributed by atoms with E-state index in [0.29, 0.717) is 5.82 Å². The molecular weight excluding hydrogens is 196 g/mol. The Morgan fingerprint density at radius 2 is 2.40 bits per heavy atom. The van der Waals surface area contributed by atoms with E-state index in [4.69, 9.17) is 4.74 Å². The van der Waals surface area contributed by atoms with E-state index in [1.54, 1.807) is 6.20 Å². The molecule has 0 aliphatic carbocycles. The standard InChI is InChI=1S/C8H8N6O/c1-5-8(6-3-15-6)9-2-7(11-5)14-4-10-12-13-14/h2,4,6H,3H2,1H3/t6-/m0/s1. The molecule has 0 spiro atoms.